The highest BCUT2D eigenvalue weighted by Crippen LogP contribution is 2.45. The summed E-state index contributed by atoms with van der Waals surface area (Å²) in [7, 11) is 1.57. The Balaban J connectivity index is 1.64. The topological polar surface area (TPSA) is 80.2 Å². The van der Waals surface area contributed by atoms with Crippen molar-refractivity contribution in [1.29, 1.82) is 0 Å². The molecule has 1 amide bonds. The second kappa shape index (κ2) is 10.1. The standard InChI is InChI=1S/C25H24FN3O4S/c1-4-33-24(31)22-15(2)27-25-29(23(22)19-7-5-6-8-20(19)26)17(14-34-25)13-21(30)28-16-9-11-18(32-3)12-10-16/h5-12,14,23H,4,13H2,1-3H3,(H,28,30). The van der Waals surface area contributed by atoms with E-state index in [1.54, 1.807) is 68.3 Å². The number of hydrogen-bond donors (Lipinski definition) is 1. The number of anilines is 1. The molecule has 9 heteroatoms. The zero-order valence-electron chi connectivity index (χ0n) is 19.0. The highest BCUT2D eigenvalue weighted by Gasteiger charge is 2.42. The van der Waals surface area contributed by atoms with E-state index in [0.717, 1.165) is 0 Å². The summed E-state index contributed by atoms with van der Waals surface area (Å²) < 4.78 is 25.4. The maximum absolute atomic E-state index is 15.0. The lowest BCUT2D eigenvalue weighted by Gasteiger charge is -2.36. The van der Waals surface area contributed by atoms with Crippen LogP contribution < -0.4 is 10.1 Å². The number of hydrogen-bond acceptors (Lipinski definition) is 7. The number of carbonyl (C=O) groups is 2. The van der Waals surface area contributed by atoms with Crippen molar-refractivity contribution in [3.63, 3.8) is 0 Å². The lowest BCUT2D eigenvalue weighted by Crippen LogP contribution is -2.38. The Bertz CT molecular complexity index is 1210. The highest BCUT2D eigenvalue weighted by molar-refractivity contribution is 8.16. The molecule has 34 heavy (non-hydrogen) atoms. The van der Waals surface area contributed by atoms with Crippen molar-refractivity contribution in [3.05, 3.63) is 82.3 Å². The molecular weight excluding hydrogens is 457 g/mol. The summed E-state index contributed by atoms with van der Waals surface area (Å²) in [4.78, 5) is 32.1. The fraction of sp³-hybridized carbons (Fsp3) is 0.240. The number of nitrogens with one attached hydrogen (secondary N) is 1. The highest BCUT2D eigenvalue weighted by atomic mass is 32.2. The largest absolute Gasteiger partial charge is 0.497 e. The molecule has 176 valence electrons. The number of esters is 1. The van der Waals surface area contributed by atoms with Crippen molar-refractivity contribution >= 4 is 34.5 Å². The van der Waals surface area contributed by atoms with E-state index in [4.69, 9.17) is 9.47 Å². The molecule has 2 heterocycles. The van der Waals surface area contributed by atoms with Crippen LogP contribution in [-0.4, -0.2) is 35.7 Å². The molecule has 1 unspecified atom stereocenters. The number of nitrogens with zero attached hydrogens (tertiary/aromatic N) is 2. The quantitative estimate of drug-likeness (QED) is 0.561. The zero-order chi connectivity index (χ0) is 24.2. The van der Waals surface area contributed by atoms with Gasteiger partial charge in [0, 0.05) is 16.9 Å². The minimum atomic E-state index is -0.803. The number of benzene rings is 2. The van der Waals surface area contributed by atoms with Gasteiger partial charge in [-0.3, -0.25) is 4.79 Å². The van der Waals surface area contributed by atoms with Crippen molar-refractivity contribution in [1.82, 2.24) is 4.90 Å². The minimum absolute atomic E-state index is 0.0121. The monoisotopic (exact) mass is 481 g/mol. The van der Waals surface area contributed by atoms with E-state index in [-0.39, 0.29) is 24.5 Å². The number of rotatable bonds is 7. The van der Waals surface area contributed by atoms with Gasteiger partial charge in [0.1, 0.15) is 11.6 Å². The second-order valence-electron chi connectivity index (χ2n) is 7.59. The molecule has 0 fully saturated rings. The average molecular weight is 482 g/mol. The molecular formula is C25H24FN3O4S. The molecule has 0 bridgehead atoms. The number of ether oxygens (including phenoxy) is 2. The molecule has 2 aliphatic heterocycles. The average Bonchev–Trinajstić information content (AvgIpc) is 3.21. The fourth-order valence-electron chi connectivity index (χ4n) is 3.87. The Morgan fingerprint density at radius 1 is 1.18 bits per heavy atom. The summed E-state index contributed by atoms with van der Waals surface area (Å²) in [6, 6.07) is 12.5. The number of amidine groups is 1. The fourth-order valence-corrected chi connectivity index (χ4v) is 4.84. The van der Waals surface area contributed by atoms with Gasteiger partial charge in [-0.15, -0.1) is 0 Å². The predicted molar refractivity (Wildman–Crippen MR) is 130 cm³/mol. The molecule has 1 N–H and O–H groups in total. The third-order valence-electron chi connectivity index (χ3n) is 5.41. The van der Waals surface area contributed by atoms with E-state index in [0.29, 0.717) is 33.6 Å². The van der Waals surface area contributed by atoms with Gasteiger partial charge in [-0.05, 0) is 49.6 Å². The molecule has 1 atom stereocenters. The zero-order valence-corrected chi connectivity index (χ0v) is 19.8. The number of halogens is 1. The molecule has 4 rings (SSSR count). The van der Waals surface area contributed by atoms with Crippen LogP contribution in [0.5, 0.6) is 5.75 Å². The molecule has 0 saturated heterocycles. The van der Waals surface area contributed by atoms with E-state index in [1.807, 2.05) is 5.41 Å². The number of amides is 1. The van der Waals surface area contributed by atoms with Gasteiger partial charge in [0.2, 0.25) is 5.91 Å². The summed E-state index contributed by atoms with van der Waals surface area (Å²) in [5.74, 6) is -0.588. The number of carbonyl (C=O) groups excluding carboxylic acids is 2. The van der Waals surface area contributed by atoms with Crippen LogP contribution in [0, 0.1) is 5.82 Å². The lowest BCUT2D eigenvalue weighted by atomic mass is 9.93. The van der Waals surface area contributed by atoms with Crippen molar-refractivity contribution in [2.75, 3.05) is 19.0 Å². The van der Waals surface area contributed by atoms with Crippen LogP contribution in [0.4, 0.5) is 10.1 Å². The van der Waals surface area contributed by atoms with Gasteiger partial charge in [-0.25, -0.2) is 14.2 Å². The van der Waals surface area contributed by atoms with Gasteiger partial charge in [0.15, 0.2) is 5.17 Å². The summed E-state index contributed by atoms with van der Waals surface area (Å²) in [5, 5.41) is 5.24. The molecule has 2 aliphatic rings. The van der Waals surface area contributed by atoms with Crippen LogP contribution in [0.1, 0.15) is 31.9 Å². The number of thioether (sulfide) groups is 1. The first-order valence-corrected chi connectivity index (χ1v) is 11.6. The molecule has 2 aromatic carbocycles. The molecule has 0 radical (unpaired) electrons. The molecule has 2 aromatic rings. The molecule has 0 aliphatic carbocycles. The van der Waals surface area contributed by atoms with Crippen molar-refractivity contribution in [2.24, 2.45) is 4.99 Å². The Hall–Kier alpha value is -3.59. The van der Waals surface area contributed by atoms with Gasteiger partial charge >= 0.3 is 5.97 Å². The Kier molecular flexibility index (Phi) is 7.02. The normalized spacial score (nSPS) is 17.1. The summed E-state index contributed by atoms with van der Waals surface area (Å²) in [6.45, 7) is 3.60. The van der Waals surface area contributed by atoms with E-state index in [9.17, 15) is 14.0 Å². The van der Waals surface area contributed by atoms with Crippen molar-refractivity contribution in [3.8, 4) is 5.75 Å². The number of aliphatic imine (C=N–C) groups is 1. The summed E-state index contributed by atoms with van der Waals surface area (Å²) in [5.41, 5.74) is 2.25. The summed E-state index contributed by atoms with van der Waals surface area (Å²) >= 11 is 1.33. The van der Waals surface area contributed by atoms with Crippen LogP contribution in [0.3, 0.4) is 0 Å². The Morgan fingerprint density at radius 2 is 1.91 bits per heavy atom. The smallest absolute Gasteiger partial charge is 0.338 e. The van der Waals surface area contributed by atoms with Crippen molar-refractivity contribution < 1.29 is 23.5 Å². The van der Waals surface area contributed by atoms with Crippen LogP contribution in [0.2, 0.25) is 0 Å². The third kappa shape index (κ3) is 4.70. The first-order valence-electron chi connectivity index (χ1n) is 10.7. The summed E-state index contributed by atoms with van der Waals surface area (Å²) in [6.07, 6.45) is 0.0121. The minimum Gasteiger partial charge on any atom is -0.497 e. The van der Waals surface area contributed by atoms with E-state index in [1.165, 1.54) is 17.8 Å². The number of fused-ring (bicyclic) bond motifs is 1. The number of methoxy groups -OCH3 is 1. The van der Waals surface area contributed by atoms with Gasteiger partial charge in [0.05, 0.1) is 37.4 Å². The van der Waals surface area contributed by atoms with Gasteiger partial charge in [-0.2, -0.15) is 0 Å². The molecule has 7 nitrogen and oxygen atoms in total. The van der Waals surface area contributed by atoms with Gasteiger partial charge < -0.3 is 19.7 Å². The maximum Gasteiger partial charge on any atom is 0.338 e. The third-order valence-corrected chi connectivity index (χ3v) is 6.30. The lowest BCUT2D eigenvalue weighted by molar-refractivity contribution is -0.139. The van der Waals surface area contributed by atoms with Crippen LogP contribution in [-0.2, 0) is 14.3 Å². The predicted octanol–water partition coefficient (Wildman–Crippen LogP) is 5.00. The van der Waals surface area contributed by atoms with E-state index >= 15 is 0 Å². The second-order valence-corrected chi connectivity index (χ2v) is 8.43. The van der Waals surface area contributed by atoms with E-state index < -0.39 is 17.8 Å². The van der Waals surface area contributed by atoms with Crippen LogP contribution >= 0.6 is 11.8 Å². The first-order chi connectivity index (χ1) is 16.4. The SMILES string of the molecule is CCOC(=O)C1=C(C)N=C2SC=C(CC(=O)Nc3ccc(OC)cc3)N2C1c1ccccc1F. The Labute approximate surface area is 201 Å². The molecule has 0 spiro atoms. The van der Waals surface area contributed by atoms with Crippen LogP contribution in [0.15, 0.2) is 75.9 Å². The molecule has 0 saturated carbocycles. The van der Waals surface area contributed by atoms with Gasteiger partial charge in [0.25, 0.3) is 0 Å². The Morgan fingerprint density at radius 3 is 2.59 bits per heavy atom. The van der Waals surface area contributed by atoms with Crippen LogP contribution in [0.25, 0.3) is 0 Å². The van der Waals surface area contributed by atoms with Crippen molar-refractivity contribution in [2.45, 2.75) is 26.3 Å². The van der Waals surface area contributed by atoms with E-state index in [2.05, 4.69) is 10.3 Å². The first kappa shape index (κ1) is 23.6. The van der Waals surface area contributed by atoms with Gasteiger partial charge in [-0.1, -0.05) is 30.0 Å². The molecule has 0 aromatic heterocycles. The maximum atomic E-state index is 15.0. The number of allylic oxidation sites excluding steroid dienone is 1.